The van der Waals surface area contributed by atoms with Crippen molar-refractivity contribution in [3.8, 4) is 0 Å². The number of hydrogen-bond acceptors (Lipinski definition) is 3. The summed E-state index contributed by atoms with van der Waals surface area (Å²) in [6.07, 6.45) is 13.9. The van der Waals surface area contributed by atoms with Gasteiger partial charge in [0.1, 0.15) is 0 Å². The van der Waals surface area contributed by atoms with Crippen LogP contribution in [0.4, 0.5) is 0 Å². The molecule has 1 aromatic heterocycles. The quantitative estimate of drug-likeness (QED) is 0.373. The van der Waals surface area contributed by atoms with E-state index < -0.39 is 0 Å². The van der Waals surface area contributed by atoms with Crippen LogP contribution in [0.25, 0.3) is 0 Å². The molecule has 1 aromatic rings. The van der Waals surface area contributed by atoms with Crippen molar-refractivity contribution in [1.82, 2.24) is 10.4 Å². The first-order chi connectivity index (χ1) is 10.7. The molecule has 0 aliphatic carbocycles. The maximum absolute atomic E-state index is 11.7. The van der Waals surface area contributed by atoms with Gasteiger partial charge in [-0.1, -0.05) is 51.9 Å². The number of carbonyl (C=O) groups excluding carboxylic acids is 1. The molecule has 0 fully saturated rings. The number of pyridine rings is 1. The van der Waals surface area contributed by atoms with Gasteiger partial charge in [0.05, 0.1) is 5.71 Å². The summed E-state index contributed by atoms with van der Waals surface area (Å²) in [5, 5.41) is 4.13. The maximum atomic E-state index is 11.7. The number of carbonyl (C=O) groups is 1. The number of nitrogens with one attached hydrogen (secondary N) is 1. The lowest BCUT2D eigenvalue weighted by atomic mass is 10.1. The minimum Gasteiger partial charge on any atom is -0.273 e. The van der Waals surface area contributed by atoms with Crippen LogP contribution < -0.4 is 5.43 Å². The number of unbranched alkanes of at least 4 members (excludes halogenated alkanes) is 7. The molecular weight excluding hydrogens is 274 g/mol. The zero-order chi connectivity index (χ0) is 16.0. The van der Waals surface area contributed by atoms with Crippen LogP contribution in [0, 0.1) is 0 Å². The van der Waals surface area contributed by atoms with Crippen LogP contribution in [0.2, 0.25) is 0 Å². The Kier molecular flexibility index (Phi) is 9.92. The van der Waals surface area contributed by atoms with Crippen molar-refractivity contribution in [1.29, 1.82) is 0 Å². The predicted molar refractivity (Wildman–Crippen MR) is 91.8 cm³/mol. The predicted octanol–water partition coefficient (Wildman–Crippen LogP) is 4.45. The number of nitrogens with zero attached hydrogens (tertiary/aromatic N) is 2. The van der Waals surface area contributed by atoms with Gasteiger partial charge in [0, 0.05) is 24.4 Å². The zero-order valence-electron chi connectivity index (χ0n) is 14.0. The van der Waals surface area contributed by atoms with Crippen molar-refractivity contribution in [2.24, 2.45) is 5.10 Å². The van der Waals surface area contributed by atoms with E-state index in [4.69, 9.17) is 0 Å². The topological polar surface area (TPSA) is 54.4 Å². The summed E-state index contributed by atoms with van der Waals surface area (Å²) in [6.45, 7) is 4.11. The highest BCUT2D eigenvalue weighted by Gasteiger charge is 2.01. The van der Waals surface area contributed by atoms with E-state index in [1.807, 2.05) is 19.1 Å². The molecule has 22 heavy (non-hydrogen) atoms. The van der Waals surface area contributed by atoms with Crippen molar-refractivity contribution < 1.29 is 4.79 Å². The Bertz CT molecular complexity index is 443. The standard InChI is InChI=1S/C18H29N3O/c1-3-4-5-6-7-8-9-10-11-18(22)21-20-16(2)17-12-14-19-15-13-17/h12-15H,3-11H2,1-2H3,(H,21,22)/b20-16+. The third-order valence-corrected chi connectivity index (χ3v) is 3.70. The van der Waals surface area contributed by atoms with Crippen LogP contribution in [0.5, 0.6) is 0 Å². The molecule has 122 valence electrons. The van der Waals surface area contributed by atoms with Crippen molar-refractivity contribution >= 4 is 11.6 Å². The second kappa shape index (κ2) is 11.9. The summed E-state index contributed by atoms with van der Waals surface area (Å²) in [6, 6.07) is 3.76. The highest BCUT2D eigenvalue weighted by atomic mass is 16.2. The summed E-state index contributed by atoms with van der Waals surface area (Å²) in [4.78, 5) is 15.7. The van der Waals surface area contributed by atoms with Crippen molar-refractivity contribution in [3.63, 3.8) is 0 Å². The Morgan fingerprint density at radius 3 is 2.27 bits per heavy atom. The van der Waals surface area contributed by atoms with Gasteiger partial charge in [0.2, 0.25) is 5.91 Å². The summed E-state index contributed by atoms with van der Waals surface area (Å²) in [5.74, 6) is -0.000566. The van der Waals surface area contributed by atoms with Gasteiger partial charge >= 0.3 is 0 Å². The van der Waals surface area contributed by atoms with Crippen LogP contribution in [-0.4, -0.2) is 16.6 Å². The summed E-state index contributed by atoms with van der Waals surface area (Å²) in [5.41, 5.74) is 4.40. The van der Waals surface area contributed by atoms with Crippen molar-refractivity contribution in [3.05, 3.63) is 30.1 Å². The second-order valence-electron chi connectivity index (χ2n) is 5.69. The minimum atomic E-state index is -0.000566. The van der Waals surface area contributed by atoms with Crippen molar-refractivity contribution in [2.45, 2.75) is 71.6 Å². The second-order valence-corrected chi connectivity index (χ2v) is 5.69. The van der Waals surface area contributed by atoms with Crippen LogP contribution in [0.1, 0.15) is 77.2 Å². The average molecular weight is 303 g/mol. The molecule has 0 radical (unpaired) electrons. The van der Waals surface area contributed by atoms with E-state index in [0.717, 1.165) is 24.1 Å². The van der Waals surface area contributed by atoms with Gasteiger partial charge < -0.3 is 0 Å². The monoisotopic (exact) mass is 303 g/mol. The average Bonchev–Trinajstić information content (AvgIpc) is 2.56. The lowest BCUT2D eigenvalue weighted by molar-refractivity contribution is -0.121. The van der Waals surface area contributed by atoms with Crippen LogP contribution in [0.3, 0.4) is 0 Å². The Hall–Kier alpha value is -1.71. The molecule has 0 saturated carbocycles. The molecule has 1 amide bonds. The fraction of sp³-hybridized carbons (Fsp3) is 0.611. The van der Waals surface area contributed by atoms with Crippen LogP contribution >= 0.6 is 0 Å². The summed E-state index contributed by atoms with van der Waals surface area (Å²) in [7, 11) is 0. The number of hydrazone groups is 1. The lowest BCUT2D eigenvalue weighted by Gasteiger charge is -2.03. The Morgan fingerprint density at radius 1 is 1.05 bits per heavy atom. The van der Waals surface area contributed by atoms with Gasteiger partial charge in [-0.05, 0) is 25.5 Å². The molecule has 4 nitrogen and oxygen atoms in total. The molecule has 0 aliphatic rings. The molecule has 0 aromatic carbocycles. The first kappa shape index (κ1) is 18.3. The normalized spacial score (nSPS) is 11.5. The van der Waals surface area contributed by atoms with Gasteiger partial charge in [-0.25, -0.2) is 5.43 Å². The Morgan fingerprint density at radius 2 is 1.64 bits per heavy atom. The molecule has 0 saturated heterocycles. The molecule has 1 heterocycles. The first-order valence-electron chi connectivity index (χ1n) is 8.47. The molecule has 0 atom stereocenters. The summed E-state index contributed by atoms with van der Waals surface area (Å²) >= 11 is 0. The number of hydrogen-bond donors (Lipinski definition) is 1. The van der Waals surface area contributed by atoms with E-state index in [1.54, 1.807) is 12.4 Å². The van der Waals surface area contributed by atoms with Gasteiger partial charge in [0.25, 0.3) is 0 Å². The van der Waals surface area contributed by atoms with Gasteiger partial charge in [-0.3, -0.25) is 9.78 Å². The van der Waals surface area contributed by atoms with Crippen LogP contribution in [-0.2, 0) is 4.79 Å². The van der Waals surface area contributed by atoms with E-state index in [2.05, 4.69) is 22.4 Å². The number of rotatable bonds is 11. The fourth-order valence-electron chi connectivity index (χ4n) is 2.28. The molecule has 1 rings (SSSR count). The molecule has 1 N–H and O–H groups in total. The van der Waals surface area contributed by atoms with E-state index >= 15 is 0 Å². The minimum absolute atomic E-state index is 0.000566. The smallest absolute Gasteiger partial charge is 0.240 e. The van der Waals surface area contributed by atoms with E-state index in [-0.39, 0.29) is 5.91 Å². The highest BCUT2D eigenvalue weighted by Crippen LogP contribution is 2.09. The third-order valence-electron chi connectivity index (χ3n) is 3.70. The Labute approximate surface area is 134 Å². The number of amides is 1. The third kappa shape index (κ3) is 8.55. The van der Waals surface area contributed by atoms with E-state index in [0.29, 0.717) is 6.42 Å². The zero-order valence-corrected chi connectivity index (χ0v) is 14.0. The first-order valence-corrected chi connectivity index (χ1v) is 8.47. The van der Waals surface area contributed by atoms with Crippen molar-refractivity contribution in [2.75, 3.05) is 0 Å². The SMILES string of the molecule is CCCCCCCCCCC(=O)N/N=C(\C)c1ccncc1. The molecular formula is C18H29N3O. The lowest BCUT2D eigenvalue weighted by Crippen LogP contribution is -2.18. The molecule has 0 bridgehead atoms. The highest BCUT2D eigenvalue weighted by molar-refractivity contribution is 5.99. The van der Waals surface area contributed by atoms with Crippen LogP contribution in [0.15, 0.2) is 29.6 Å². The van der Waals surface area contributed by atoms with E-state index in [1.165, 1.54) is 38.5 Å². The molecule has 0 unspecified atom stereocenters. The van der Waals surface area contributed by atoms with Gasteiger partial charge in [-0.15, -0.1) is 0 Å². The number of aromatic nitrogens is 1. The van der Waals surface area contributed by atoms with E-state index in [9.17, 15) is 4.79 Å². The molecule has 4 heteroatoms. The molecule has 0 aliphatic heterocycles. The van der Waals surface area contributed by atoms with Gasteiger partial charge in [0.15, 0.2) is 0 Å². The maximum Gasteiger partial charge on any atom is 0.240 e. The van der Waals surface area contributed by atoms with Gasteiger partial charge in [-0.2, -0.15) is 5.10 Å². The molecule has 0 spiro atoms. The Balaban J connectivity index is 2.09. The fourth-order valence-corrected chi connectivity index (χ4v) is 2.28. The summed E-state index contributed by atoms with van der Waals surface area (Å²) < 4.78 is 0. The largest absolute Gasteiger partial charge is 0.273 e.